The molecule has 10 nitrogen and oxygen atoms in total. The molecule has 0 aromatic heterocycles. The quantitative estimate of drug-likeness (QED) is 0.359. The van der Waals surface area contributed by atoms with Gasteiger partial charge in [0.2, 0.25) is 0 Å². The van der Waals surface area contributed by atoms with Gasteiger partial charge in [-0.2, -0.15) is 61.5 Å². The summed E-state index contributed by atoms with van der Waals surface area (Å²) >= 11 is 0. The number of halogens is 14. The van der Waals surface area contributed by atoms with E-state index in [1.54, 1.807) is 0 Å². The van der Waals surface area contributed by atoms with Crippen molar-refractivity contribution >= 4 is 40.1 Å². The smallest absolute Gasteiger partial charge is 0.205 e. The van der Waals surface area contributed by atoms with Gasteiger partial charge in [-0.3, -0.25) is 0 Å². The molecule has 0 amide bonds. The fraction of sp³-hybridized carbons (Fsp3) is 1.00. The minimum Gasteiger partial charge on any atom is -0.205 e. The Morgan fingerprint density at radius 1 is 0.353 bits per heavy atom. The van der Waals surface area contributed by atoms with Crippen LogP contribution in [0, 0.1) is 0 Å². The molecule has 206 valence electrons. The predicted molar refractivity (Wildman–Crippen MR) is 73.8 cm³/mol. The highest BCUT2D eigenvalue weighted by atomic mass is 32.3. The molecule has 0 rings (SSSR count). The normalized spacial score (nSPS) is 16.5. The maximum Gasteiger partial charge on any atom is 0.512 e. The van der Waals surface area contributed by atoms with E-state index in [4.69, 9.17) is 0 Å². The number of alkyl halides is 14. The van der Waals surface area contributed by atoms with Crippen LogP contribution in [0.25, 0.3) is 0 Å². The highest BCUT2D eigenvalue weighted by molar-refractivity contribution is 8.06. The standard InChI is InChI=1S/C6H2F14N2O8S4/c7-1(8,3(11,12)31(23,24)21-33(27,28)5(15,16)17)2(9,10)4(13,14)32(25,26)22-34(29,30)6(18,19)20/h21-22H. The lowest BCUT2D eigenvalue weighted by Gasteiger charge is -2.35. The van der Waals surface area contributed by atoms with Crippen molar-refractivity contribution in [1.29, 1.82) is 0 Å². The maximum absolute atomic E-state index is 13.5. The van der Waals surface area contributed by atoms with Crippen LogP contribution in [0.5, 0.6) is 0 Å². The molecule has 0 saturated carbocycles. The van der Waals surface area contributed by atoms with Gasteiger partial charge in [-0.05, 0) is 0 Å². The van der Waals surface area contributed by atoms with Crippen LogP contribution in [0.15, 0.2) is 0 Å². The van der Waals surface area contributed by atoms with Crippen LogP contribution in [0.1, 0.15) is 0 Å². The van der Waals surface area contributed by atoms with Crippen LogP contribution < -0.4 is 8.25 Å². The summed E-state index contributed by atoms with van der Waals surface area (Å²) in [6.45, 7) is 0. The van der Waals surface area contributed by atoms with Gasteiger partial charge in [0.15, 0.2) is 0 Å². The summed E-state index contributed by atoms with van der Waals surface area (Å²) in [6.07, 6.45) is 0. The first-order chi connectivity index (χ1) is 14.2. The van der Waals surface area contributed by atoms with Gasteiger partial charge in [0.05, 0.1) is 0 Å². The number of nitrogens with one attached hydrogen (secondary N) is 2. The molecule has 34 heavy (non-hydrogen) atoms. The van der Waals surface area contributed by atoms with Gasteiger partial charge in [0.25, 0.3) is 20.0 Å². The lowest BCUT2D eigenvalue weighted by Crippen LogP contribution is -2.69. The molecule has 0 unspecified atom stereocenters. The predicted octanol–water partition coefficient (Wildman–Crippen LogP) is 0.981. The summed E-state index contributed by atoms with van der Waals surface area (Å²) in [7, 11) is -32.1. The molecule has 0 spiro atoms. The third-order valence-electron chi connectivity index (χ3n) is 2.85. The van der Waals surface area contributed by atoms with E-state index in [1.165, 1.54) is 0 Å². The Hall–Kier alpha value is -1.26. The van der Waals surface area contributed by atoms with Crippen LogP contribution in [0.4, 0.5) is 61.5 Å². The summed E-state index contributed by atoms with van der Waals surface area (Å²) in [5.41, 5.74) is -13.9. The molecular formula is C6H2F14N2O8S4. The molecule has 0 aromatic carbocycles. The van der Waals surface area contributed by atoms with E-state index in [-0.39, 0.29) is 0 Å². The molecule has 0 heterocycles. The lowest BCUT2D eigenvalue weighted by molar-refractivity contribution is -0.325. The Bertz CT molecular complexity index is 1130. The summed E-state index contributed by atoms with van der Waals surface area (Å²) in [6, 6.07) is 0. The molecule has 0 aliphatic rings. The highest BCUT2D eigenvalue weighted by Gasteiger charge is 2.88. The third-order valence-corrected chi connectivity index (χ3v) is 9.44. The second-order valence-corrected chi connectivity index (χ2v) is 12.6. The van der Waals surface area contributed by atoms with E-state index >= 15 is 0 Å². The fourth-order valence-electron chi connectivity index (χ4n) is 1.19. The zero-order valence-electron chi connectivity index (χ0n) is 14.2. The molecule has 0 bridgehead atoms. The fourth-order valence-corrected chi connectivity index (χ4v) is 6.03. The minimum atomic E-state index is -8.48. The second-order valence-electron chi connectivity index (χ2n) is 5.25. The van der Waals surface area contributed by atoms with Crippen LogP contribution >= 0.6 is 0 Å². The van der Waals surface area contributed by atoms with Crippen LogP contribution in [-0.2, 0) is 40.1 Å². The first kappa shape index (κ1) is 32.7. The van der Waals surface area contributed by atoms with Gasteiger partial charge in [-0.15, -0.1) is 0 Å². The van der Waals surface area contributed by atoms with E-state index in [0.29, 0.717) is 0 Å². The van der Waals surface area contributed by atoms with Crippen LogP contribution in [0.2, 0.25) is 0 Å². The van der Waals surface area contributed by atoms with E-state index < -0.39 is 81.7 Å². The van der Waals surface area contributed by atoms with Crippen molar-refractivity contribution in [1.82, 2.24) is 8.25 Å². The van der Waals surface area contributed by atoms with Crippen LogP contribution in [0.3, 0.4) is 0 Å². The molecular weight excluding hydrogens is 622 g/mol. The van der Waals surface area contributed by atoms with Crippen molar-refractivity contribution in [3.63, 3.8) is 0 Å². The number of rotatable bonds is 9. The Labute approximate surface area is 177 Å². The molecule has 0 radical (unpaired) electrons. The molecule has 0 aliphatic carbocycles. The van der Waals surface area contributed by atoms with Gasteiger partial charge in [0.1, 0.15) is 0 Å². The summed E-state index contributed by atoms with van der Waals surface area (Å²) in [5.74, 6) is -17.0. The van der Waals surface area contributed by atoms with Gasteiger partial charge < -0.3 is 0 Å². The monoisotopic (exact) mass is 624 g/mol. The van der Waals surface area contributed by atoms with Crippen molar-refractivity contribution in [2.24, 2.45) is 0 Å². The van der Waals surface area contributed by atoms with Crippen LogP contribution in [-0.4, -0.2) is 67.0 Å². The van der Waals surface area contributed by atoms with Crippen molar-refractivity contribution in [3.8, 4) is 0 Å². The zero-order chi connectivity index (χ0) is 28.4. The van der Waals surface area contributed by atoms with Crippen molar-refractivity contribution in [2.45, 2.75) is 33.4 Å². The largest absolute Gasteiger partial charge is 0.512 e. The second kappa shape index (κ2) is 8.13. The SMILES string of the molecule is O=S(=O)(NS(=O)(=O)C(F)(F)C(F)(F)C(F)(F)C(F)(F)S(=O)(=O)NS(=O)(=O)C(F)(F)F)C(F)(F)F. The highest BCUT2D eigenvalue weighted by Crippen LogP contribution is 2.55. The Morgan fingerprint density at radius 2 is 0.529 bits per heavy atom. The molecule has 2 N–H and O–H groups in total. The molecule has 0 saturated heterocycles. The van der Waals surface area contributed by atoms with Crippen molar-refractivity contribution in [2.75, 3.05) is 0 Å². The molecule has 0 aliphatic heterocycles. The Balaban J connectivity index is 6.82. The summed E-state index contributed by atoms with van der Waals surface area (Å²) in [4.78, 5) is 0. The van der Waals surface area contributed by atoms with E-state index in [1.807, 2.05) is 0 Å². The average Bonchev–Trinajstić information content (AvgIpc) is 2.49. The summed E-state index contributed by atoms with van der Waals surface area (Å²) < 4.78 is 263. The summed E-state index contributed by atoms with van der Waals surface area (Å²) in [5, 5.41) is -16.2. The first-order valence-electron chi connectivity index (χ1n) is 6.36. The van der Waals surface area contributed by atoms with E-state index in [2.05, 4.69) is 0 Å². The molecule has 0 aromatic rings. The minimum absolute atomic E-state index is 1.26. The Morgan fingerprint density at radius 3 is 0.676 bits per heavy atom. The van der Waals surface area contributed by atoms with Gasteiger partial charge >= 0.3 is 53.4 Å². The van der Waals surface area contributed by atoms with Crippen molar-refractivity contribution < 1.29 is 95.1 Å². The maximum atomic E-state index is 13.5. The molecule has 28 heteroatoms. The zero-order valence-corrected chi connectivity index (χ0v) is 17.5. The van der Waals surface area contributed by atoms with E-state index in [0.717, 1.165) is 0 Å². The van der Waals surface area contributed by atoms with Gasteiger partial charge in [-0.1, -0.05) is 8.25 Å². The molecule has 0 atom stereocenters. The third kappa shape index (κ3) is 5.00. The Kier molecular flexibility index (Phi) is 7.83. The molecule has 0 fully saturated rings. The lowest BCUT2D eigenvalue weighted by atomic mass is 10.2. The number of sulfonamides is 4. The van der Waals surface area contributed by atoms with E-state index in [9.17, 15) is 95.1 Å². The number of hydrogen-bond donors (Lipinski definition) is 2. The number of hydrogen-bond acceptors (Lipinski definition) is 8. The van der Waals surface area contributed by atoms with Gasteiger partial charge in [-0.25, -0.2) is 33.7 Å². The topological polar surface area (TPSA) is 161 Å². The first-order valence-corrected chi connectivity index (χ1v) is 12.3. The van der Waals surface area contributed by atoms with Crippen molar-refractivity contribution in [3.05, 3.63) is 0 Å². The average molecular weight is 624 g/mol. The van der Waals surface area contributed by atoms with Gasteiger partial charge in [0, 0.05) is 0 Å².